The van der Waals surface area contributed by atoms with Crippen molar-refractivity contribution in [3.05, 3.63) is 453 Å². The van der Waals surface area contributed by atoms with E-state index in [9.17, 15) is 90.5 Å². The van der Waals surface area contributed by atoms with Gasteiger partial charge in [0.1, 0.15) is 34.9 Å². The van der Waals surface area contributed by atoms with Gasteiger partial charge < -0.3 is 71.0 Å². The van der Waals surface area contributed by atoms with Crippen molar-refractivity contribution >= 4 is 17.3 Å². The first-order valence-electron chi connectivity index (χ1n) is 41.4. The Kier molecular flexibility index (Phi) is 29.7. The minimum atomic E-state index is -1.09. The molecule has 0 saturated carbocycles. The molecule has 19 rings (SSSR count). The van der Waals surface area contributed by atoms with Gasteiger partial charge in [-0.05, 0) is 279 Å². The van der Waals surface area contributed by atoms with Gasteiger partial charge in [-0.1, -0.05) is 115 Å². The Bertz CT molecular complexity index is 8170. The number of pyridine rings is 6. The maximum atomic E-state index is 13.2. The molecule has 0 aliphatic heterocycles. The SMILES string of the molecule is N#Cc1ccc(Nc2cc(O)c(=O)[nH]c2-c2ccc(F)cc2)cc1.N#Cc1cccc(-c2cc(O)c(=O)[nH]c2-c2ccc(F)cc2)c1.O=C(O)c1cccc(-c2cc(O)c(=O)[nH]c2-c2ccc(F)cc2)c1.O=c1[nH]c(-c2ccc(F)cc2)c(-c2ccc(F)cc2)cc1O.O=c1[nH]c(-c2ccc(F)cc2)c(-c2cccc(-c3nn[nH]n3)c2)cc1O.O=c1[nH]c(-c2ccccc2)c(-c2ccccc2)cc1O. The number of hydrogen-bond donors (Lipinski definition) is 15. The molecule has 0 fully saturated rings. The third-order valence-electron chi connectivity index (χ3n) is 20.9. The molecule has 27 nitrogen and oxygen atoms in total. The number of aromatic amines is 7. The van der Waals surface area contributed by atoms with E-state index in [1.165, 1.54) is 182 Å². The van der Waals surface area contributed by atoms with Crippen LogP contribution in [0.1, 0.15) is 21.5 Å². The van der Waals surface area contributed by atoms with E-state index in [0.717, 1.165) is 22.3 Å². The predicted octanol–water partition coefficient (Wildman–Crippen LogP) is 20.0. The number of carbonyl (C=O) groups is 1. The van der Waals surface area contributed by atoms with Crippen LogP contribution in [0.5, 0.6) is 34.5 Å². The van der Waals surface area contributed by atoms with Gasteiger partial charge in [-0.3, -0.25) is 28.8 Å². The quantitative estimate of drug-likeness (QED) is 0.0424. The van der Waals surface area contributed by atoms with E-state index in [2.05, 4.69) is 55.8 Å². The normalized spacial score (nSPS) is 10.5. The maximum absolute atomic E-state index is 13.2. The number of carboxylic acid groups (broad SMARTS) is 1. The summed E-state index contributed by atoms with van der Waals surface area (Å²) >= 11 is 0. The van der Waals surface area contributed by atoms with Gasteiger partial charge in [-0.2, -0.15) is 15.7 Å². The van der Waals surface area contributed by atoms with Crippen molar-refractivity contribution in [2.75, 3.05) is 5.32 Å². The summed E-state index contributed by atoms with van der Waals surface area (Å²) in [4.78, 5) is 97.4. The Morgan fingerprint density at radius 3 is 0.914 bits per heavy atom. The average Bonchev–Trinajstić information content (AvgIpc) is 1.48. The third-order valence-corrected chi connectivity index (χ3v) is 20.9. The molecule has 0 aliphatic rings. The molecule has 0 atom stereocenters. The van der Waals surface area contributed by atoms with Crippen molar-refractivity contribution < 1.29 is 66.9 Å². The molecule has 0 bridgehead atoms. The van der Waals surface area contributed by atoms with E-state index in [0.29, 0.717) is 135 Å². The molecule has 0 unspecified atom stereocenters. The summed E-state index contributed by atoms with van der Waals surface area (Å²) in [5.74, 6) is -5.49. The van der Waals surface area contributed by atoms with Gasteiger partial charge >= 0.3 is 5.97 Å². The first-order valence-corrected chi connectivity index (χ1v) is 41.4. The lowest BCUT2D eigenvalue weighted by atomic mass is 9.97. The molecule has 0 amide bonds. The minimum absolute atomic E-state index is 0.0724. The Morgan fingerprint density at radius 1 is 0.281 bits per heavy atom. The second-order valence-corrected chi connectivity index (χ2v) is 30.1. The Balaban J connectivity index is 0.000000133. The van der Waals surface area contributed by atoms with Crippen molar-refractivity contribution in [3.8, 4) is 181 Å². The molecule has 686 valence electrons. The van der Waals surface area contributed by atoms with Crippen LogP contribution in [0.4, 0.5) is 37.7 Å². The summed E-state index contributed by atoms with van der Waals surface area (Å²) < 4.78 is 78.7. The molecule has 15 N–H and O–H groups in total. The summed E-state index contributed by atoms with van der Waals surface area (Å²) in [5.41, 5.74) is 12.1. The average molecular weight is 1860 g/mol. The smallest absolute Gasteiger partial charge is 0.335 e. The summed E-state index contributed by atoms with van der Waals surface area (Å²) in [6.07, 6.45) is 0. The number of nitrogens with one attached hydrogen (secondary N) is 8. The van der Waals surface area contributed by atoms with Crippen LogP contribution >= 0.6 is 0 Å². The fourth-order valence-corrected chi connectivity index (χ4v) is 14.1. The Labute approximate surface area is 781 Å². The van der Waals surface area contributed by atoms with Crippen LogP contribution in [0.2, 0.25) is 0 Å². The van der Waals surface area contributed by atoms with Gasteiger partial charge in [-0.15, -0.1) is 10.2 Å². The van der Waals surface area contributed by atoms with Crippen LogP contribution in [-0.2, 0) is 0 Å². The first kappa shape index (κ1) is 95.1. The minimum Gasteiger partial charge on any atom is -0.503 e. The highest BCUT2D eigenvalue weighted by Crippen LogP contribution is 2.39. The highest BCUT2D eigenvalue weighted by atomic mass is 19.1. The predicted molar refractivity (Wildman–Crippen MR) is 511 cm³/mol. The fraction of sp³-hybridized carbons (Fsp3) is 0. The molecule has 19 aromatic rings. The number of anilines is 2. The number of H-pyrrole nitrogens is 7. The molecule has 12 aromatic carbocycles. The monoisotopic (exact) mass is 1860 g/mol. The number of tetrazole rings is 1. The van der Waals surface area contributed by atoms with Crippen LogP contribution < -0.4 is 38.7 Å². The zero-order chi connectivity index (χ0) is 98.5. The van der Waals surface area contributed by atoms with Crippen molar-refractivity contribution in [1.29, 1.82) is 10.5 Å². The number of aromatic nitrogens is 10. The van der Waals surface area contributed by atoms with Gasteiger partial charge in [0.25, 0.3) is 33.4 Å². The van der Waals surface area contributed by atoms with E-state index in [4.69, 9.17) is 15.6 Å². The van der Waals surface area contributed by atoms with Gasteiger partial charge in [0.05, 0.1) is 68.7 Å². The number of halogens is 6. The molecule has 7 heterocycles. The van der Waals surface area contributed by atoms with Gasteiger partial charge in [-0.25, -0.2) is 31.1 Å². The zero-order valence-electron chi connectivity index (χ0n) is 71.8. The highest BCUT2D eigenvalue weighted by Gasteiger charge is 2.21. The lowest BCUT2D eigenvalue weighted by Gasteiger charge is -2.13. The van der Waals surface area contributed by atoms with Gasteiger partial charge in [0, 0.05) is 50.7 Å². The number of rotatable bonds is 15. The fourth-order valence-electron chi connectivity index (χ4n) is 14.1. The van der Waals surface area contributed by atoms with E-state index >= 15 is 0 Å². The number of nitrogens with zero attached hydrogens (tertiary/aromatic N) is 5. The zero-order valence-corrected chi connectivity index (χ0v) is 71.8. The van der Waals surface area contributed by atoms with Crippen LogP contribution in [0.15, 0.2) is 368 Å². The number of benzene rings is 12. The first-order chi connectivity index (χ1) is 67.0. The summed E-state index contributed by atoms with van der Waals surface area (Å²) in [5, 5.41) is 102. The Morgan fingerprint density at radius 2 is 0.561 bits per heavy atom. The molecule has 0 saturated heterocycles. The summed E-state index contributed by atoms with van der Waals surface area (Å²) in [7, 11) is 0. The van der Waals surface area contributed by atoms with E-state index in [1.54, 1.807) is 78.9 Å². The second kappa shape index (κ2) is 43.4. The van der Waals surface area contributed by atoms with Crippen LogP contribution in [-0.4, -0.2) is 92.2 Å². The van der Waals surface area contributed by atoms with Crippen molar-refractivity contribution in [3.63, 3.8) is 0 Å². The molecule has 0 spiro atoms. The third kappa shape index (κ3) is 23.7. The largest absolute Gasteiger partial charge is 0.503 e. The van der Waals surface area contributed by atoms with Crippen molar-refractivity contribution in [2.24, 2.45) is 0 Å². The molecule has 7 aromatic heterocycles. The van der Waals surface area contributed by atoms with E-state index in [-0.39, 0.29) is 34.6 Å². The highest BCUT2D eigenvalue weighted by molar-refractivity contribution is 5.92. The molecule has 0 aliphatic carbocycles. The van der Waals surface area contributed by atoms with Gasteiger partial charge in [0.2, 0.25) is 5.82 Å². The molecular formula is C106H71F6N13O14. The van der Waals surface area contributed by atoms with Crippen molar-refractivity contribution in [1.82, 2.24) is 50.5 Å². The van der Waals surface area contributed by atoms with Gasteiger partial charge in [0.15, 0.2) is 34.5 Å². The Hall–Kier alpha value is -20.0. The van der Waals surface area contributed by atoms with E-state index < -0.39 is 79.7 Å². The molecule has 139 heavy (non-hydrogen) atoms. The van der Waals surface area contributed by atoms with E-state index in [1.807, 2.05) is 91.0 Å². The molecule has 33 heteroatoms. The van der Waals surface area contributed by atoms with Crippen LogP contribution in [0.3, 0.4) is 0 Å². The second-order valence-electron chi connectivity index (χ2n) is 30.1. The van der Waals surface area contributed by atoms with Crippen molar-refractivity contribution in [2.45, 2.75) is 0 Å². The topological polar surface area (TPSA) is 470 Å². The number of carboxylic acids is 1. The lowest BCUT2D eigenvalue weighted by Crippen LogP contribution is -2.08. The van der Waals surface area contributed by atoms with Crippen LogP contribution in [0, 0.1) is 57.6 Å². The standard InChI is InChI=1S/C18H12FN5O2.C18H12FN3O2.C18H11FN2O2.C18H12FNO4.C17H11F2NO2.C17H13NO2/c19-13-6-4-10(5-7-13)16-14(9-15(25)18(26)20-16)11-2-1-3-12(8-11)17-21-23-24-22-17;19-13-5-3-12(4-6-13)17-15(9-16(23)18(24)22-17)21-14-7-1-11(10-20)2-8-14;19-14-6-4-12(5-7-14)17-15(9-16(22)18(23)21-17)13-3-1-2-11(8-13)10-20;19-13-6-4-10(5-7-13)16-14(9-15(21)17(22)20-16)11-2-1-3-12(8-11)18(23)24;18-12-5-1-10(2-6-12)14-9-15(21)17(22)20-16(14)11-3-7-13(19)8-4-11;19-15-11-14(12-7-3-1-4-8-12)16(18-17(15)20)13-9-5-2-6-10-13/h1-9,25H,(H,20,26)(H,21,22,23,24);1-9,21,23H,(H,22,24);1-9,22H,(H,21,23);1-9,21H,(H,20,22)(H,23,24);1-9,21H,(H,20,22);1-11,19H,(H,18,20). The maximum Gasteiger partial charge on any atom is 0.335 e. The van der Waals surface area contributed by atoms with Crippen LogP contribution in [0.25, 0.3) is 135 Å². The summed E-state index contributed by atoms with van der Waals surface area (Å²) in [6.45, 7) is 0. The number of aromatic carboxylic acids is 1. The molecule has 0 radical (unpaired) electrons. The number of hydrogen-bond acceptors (Lipinski definition) is 19. The number of aromatic hydroxyl groups is 6. The molecular weight excluding hydrogens is 1790 g/mol. The lowest BCUT2D eigenvalue weighted by molar-refractivity contribution is 0.0696. The summed E-state index contributed by atoms with van der Waals surface area (Å²) in [6, 6.07) is 92.0. The number of nitriles is 2.